The molecule has 0 bridgehead atoms. The minimum absolute atomic E-state index is 0.130. The van der Waals surface area contributed by atoms with E-state index in [-0.39, 0.29) is 5.91 Å². The van der Waals surface area contributed by atoms with E-state index in [2.05, 4.69) is 6.92 Å². The monoisotopic (exact) mass is 157 g/mol. The van der Waals surface area contributed by atoms with E-state index in [0.717, 1.165) is 19.5 Å². The van der Waals surface area contributed by atoms with Crippen LogP contribution in [0.3, 0.4) is 0 Å². The minimum atomic E-state index is -0.833. The number of aliphatic hydroxyl groups excluding tert-OH is 1. The van der Waals surface area contributed by atoms with E-state index in [1.807, 2.05) is 0 Å². The number of rotatable bonds is 1. The molecule has 0 aliphatic carbocycles. The van der Waals surface area contributed by atoms with Gasteiger partial charge in [-0.3, -0.25) is 4.79 Å². The van der Waals surface area contributed by atoms with Crippen molar-refractivity contribution < 1.29 is 9.90 Å². The number of hydrogen-bond acceptors (Lipinski definition) is 2. The Balaban J connectivity index is 2.43. The first-order valence-electron chi connectivity index (χ1n) is 4.08. The van der Waals surface area contributed by atoms with Crippen molar-refractivity contribution in [3.05, 3.63) is 0 Å². The highest BCUT2D eigenvalue weighted by Crippen LogP contribution is 2.15. The van der Waals surface area contributed by atoms with Crippen molar-refractivity contribution in [2.75, 3.05) is 13.1 Å². The Morgan fingerprint density at radius 1 is 1.73 bits per heavy atom. The van der Waals surface area contributed by atoms with Crippen LogP contribution in [0.15, 0.2) is 0 Å². The number of hydrogen-bond donors (Lipinski definition) is 1. The quantitative estimate of drug-likeness (QED) is 0.592. The third kappa shape index (κ3) is 1.93. The highest BCUT2D eigenvalue weighted by Gasteiger charge is 2.25. The summed E-state index contributed by atoms with van der Waals surface area (Å²) in [5.74, 6) is 0.465. The highest BCUT2D eigenvalue weighted by atomic mass is 16.3. The smallest absolute Gasteiger partial charge is 0.251 e. The Bertz CT molecular complexity index is 156. The molecule has 0 aromatic heterocycles. The SMILES string of the molecule is CC1CCN(C(=O)C(C)O)C1. The normalized spacial score (nSPS) is 27.2. The predicted molar refractivity (Wildman–Crippen MR) is 42.0 cm³/mol. The fourth-order valence-corrected chi connectivity index (χ4v) is 1.40. The van der Waals surface area contributed by atoms with Crippen LogP contribution in [0.1, 0.15) is 20.3 Å². The fourth-order valence-electron chi connectivity index (χ4n) is 1.40. The first kappa shape index (κ1) is 8.53. The van der Waals surface area contributed by atoms with Crippen LogP contribution in [-0.4, -0.2) is 35.1 Å². The molecule has 3 nitrogen and oxygen atoms in total. The van der Waals surface area contributed by atoms with E-state index in [1.165, 1.54) is 6.92 Å². The third-order valence-corrected chi connectivity index (χ3v) is 2.09. The van der Waals surface area contributed by atoms with Crippen LogP contribution in [0.25, 0.3) is 0 Å². The summed E-state index contributed by atoms with van der Waals surface area (Å²) < 4.78 is 0. The second kappa shape index (κ2) is 3.22. The molecule has 11 heavy (non-hydrogen) atoms. The first-order chi connectivity index (χ1) is 5.11. The van der Waals surface area contributed by atoms with Gasteiger partial charge in [0.25, 0.3) is 5.91 Å². The van der Waals surface area contributed by atoms with Gasteiger partial charge in [-0.1, -0.05) is 6.92 Å². The lowest BCUT2D eigenvalue weighted by molar-refractivity contribution is -0.138. The van der Waals surface area contributed by atoms with Crippen molar-refractivity contribution >= 4 is 5.91 Å². The molecule has 0 spiro atoms. The molecule has 2 unspecified atom stereocenters. The van der Waals surface area contributed by atoms with Crippen molar-refractivity contribution in [1.29, 1.82) is 0 Å². The van der Waals surface area contributed by atoms with Gasteiger partial charge in [-0.25, -0.2) is 0 Å². The van der Waals surface area contributed by atoms with Crippen LogP contribution >= 0.6 is 0 Å². The van der Waals surface area contributed by atoms with Gasteiger partial charge in [0.2, 0.25) is 0 Å². The molecule has 1 aliphatic heterocycles. The van der Waals surface area contributed by atoms with Gasteiger partial charge in [0, 0.05) is 13.1 Å². The first-order valence-corrected chi connectivity index (χ1v) is 4.08. The average Bonchev–Trinajstić information content (AvgIpc) is 2.34. The minimum Gasteiger partial charge on any atom is -0.384 e. The van der Waals surface area contributed by atoms with Gasteiger partial charge < -0.3 is 10.0 Å². The van der Waals surface area contributed by atoms with Crippen molar-refractivity contribution in [2.45, 2.75) is 26.4 Å². The van der Waals surface area contributed by atoms with Gasteiger partial charge in [0.05, 0.1) is 0 Å². The zero-order valence-electron chi connectivity index (χ0n) is 7.08. The van der Waals surface area contributed by atoms with Gasteiger partial charge in [0.15, 0.2) is 0 Å². The number of amides is 1. The molecule has 2 atom stereocenters. The van der Waals surface area contributed by atoms with Gasteiger partial charge in [0.1, 0.15) is 6.10 Å². The number of carbonyl (C=O) groups excluding carboxylic acids is 1. The zero-order valence-corrected chi connectivity index (χ0v) is 7.08. The van der Waals surface area contributed by atoms with E-state index in [0.29, 0.717) is 5.92 Å². The Kier molecular flexibility index (Phi) is 2.49. The van der Waals surface area contributed by atoms with Crippen LogP contribution in [0.4, 0.5) is 0 Å². The summed E-state index contributed by atoms with van der Waals surface area (Å²) in [4.78, 5) is 12.9. The van der Waals surface area contributed by atoms with E-state index in [4.69, 9.17) is 5.11 Å². The summed E-state index contributed by atoms with van der Waals surface area (Å²) in [5.41, 5.74) is 0. The molecular weight excluding hydrogens is 142 g/mol. The summed E-state index contributed by atoms with van der Waals surface area (Å²) in [6.07, 6.45) is 0.235. The van der Waals surface area contributed by atoms with Gasteiger partial charge >= 0.3 is 0 Å². The van der Waals surface area contributed by atoms with Gasteiger partial charge in [-0.05, 0) is 19.3 Å². The number of nitrogens with zero attached hydrogens (tertiary/aromatic N) is 1. The van der Waals surface area contributed by atoms with E-state index in [9.17, 15) is 4.79 Å². The molecular formula is C8H15NO2. The largest absolute Gasteiger partial charge is 0.384 e. The third-order valence-electron chi connectivity index (χ3n) is 2.09. The van der Waals surface area contributed by atoms with Crippen LogP contribution in [0.2, 0.25) is 0 Å². The van der Waals surface area contributed by atoms with Gasteiger partial charge in [-0.15, -0.1) is 0 Å². The summed E-state index contributed by atoms with van der Waals surface area (Å²) >= 11 is 0. The number of carbonyl (C=O) groups is 1. The molecule has 64 valence electrons. The highest BCUT2D eigenvalue weighted by molar-refractivity contribution is 5.80. The Labute approximate surface area is 67.0 Å². The van der Waals surface area contributed by atoms with Crippen molar-refractivity contribution in [1.82, 2.24) is 4.90 Å². The Morgan fingerprint density at radius 2 is 2.36 bits per heavy atom. The van der Waals surface area contributed by atoms with Crippen LogP contribution in [0.5, 0.6) is 0 Å². The van der Waals surface area contributed by atoms with Crippen LogP contribution < -0.4 is 0 Å². The maximum absolute atomic E-state index is 11.2. The summed E-state index contributed by atoms with van der Waals surface area (Å²) in [6, 6.07) is 0. The average molecular weight is 157 g/mol. The second-order valence-electron chi connectivity index (χ2n) is 3.35. The molecule has 0 aromatic carbocycles. The van der Waals surface area contributed by atoms with Crippen molar-refractivity contribution in [2.24, 2.45) is 5.92 Å². The maximum Gasteiger partial charge on any atom is 0.251 e. The Morgan fingerprint density at radius 3 is 2.73 bits per heavy atom. The molecule has 1 N–H and O–H groups in total. The maximum atomic E-state index is 11.2. The number of likely N-dealkylation sites (tertiary alicyclic amines) is 1. The number of aliphatic hydroxyl groups is 1. The Hall–Kier alpha value is -0.570. The molecule has 1 aliphatic rings. The van der Waals surface area contributed by atoms with E-state index in [1.54, 1.807) is 4.90 Å². The topological polar surface area (TPSA) is 40.5 Å². The van der Waals surface area contributed by atoms with Crippen molar-refractivity contribution in [3.8, 4) is 0 Å². The molecule has 0 radical (unpaired) electrons. The van der Waals surface area contributed by atoms with Crippen molar-refractivity contribution in [3.63, 3.8) is 0 Å². The second-order valence-corrected chi connectivity index (χ2v) is 3.35. The lowest BCUT2D eigenvalue weighted by Crippen LogP contribution is -2.35. The molecule has 1 amide bonds. The summed E-state index contributed by atoms with van der Waals surface area (Å²) in [6.45, 7) is 5.26. The molecule has 1 saturated heterocycles. The molecule has 0 saturated carbocycles. The molecule has 0 aromatic rings. The van der Waals surface area contributed by atoms with Crippen LogP contribution in [-0.2, 0) is 4.79 Å². The molecule has 1 fully saturated rings. The predicted octanol–water partition coefficient (Wildman–Crippen LogP) is 0.236. The van der Waals surface area contributed by atoms with E-state index >= 15 is 0 Å². The lowest BCUT2D eigenvalue weighted by atomic mass is 10.2. The molecule has 1 rings (SSSR count). The zero-order chi connectivity index (χ0) is 8.43. The molecule has 3 heteroatoms. The summed E-state index contributed by atoms with van der Waals surface area (Å²) in [5, 5.41) is 8.98. The van der Waals surface area contributed by atoms with Crippen LogP contribution in [0, 0.1) is 5.92 Å². The standard InChI is InChI=1S/C8H15NO2/c1-6-3-4-9(5-6)8(11)7(2)10/h6-7,10H,3-5H2,1-2H3. The van der Waals surface area contributed by atoms with Gasteiger partial charge in [-0.2, -0.15) is 0 Å². The summed E-state index contributed by atoms with van der Waals surface area (Å²) in [7, 11) is 0. The van der Waals surface area contributed by atoms with E-state index < -0.39 is 6.10 Å². The lowest BCUT2D eigenvalue weighted by Gasteiger charge is -2.17. The molecule has 1 heterocycles. The fraction of sp³-hybridized carbons (Fsp3) is 0.875.